The van der Waals surface area contributed by atoms with E-state index in [0.29, 0.717) is 5.57 Å². The Morgan fingerprint density at radius 2 is 1.92 bits per heavy atom. The lowest BCUT2D eigenvalue weighted by molar-refractivity contribution is -0.521. The monoisotopic (exact) mass is 342 g/mol. The van der Waals surface area contributed by atoms with Gasteiger partial charge in [0.05, 0.1) is 6.10 Å². The molecule has 0 aromatic rings. The minimum absolute atomic E-state index is 0.165. The molecule has 0 radical (unpaired) electrons. The fourth-order valence-electron chi connectivity index (χ4n) is 2.39. The summed E-state index contributed by atoms with van der Waals surface area (Å²) in [6, 6.07) is 0. The highest BCUT2D eigenvalue weighted by Gasteiger charge is 2.41. The van der Waals surface area contributed by atoms with Crippen molar-refractivity contribution in [2.75, 3.05) is 6.61 Å². The number of hydrogen-bond acceptors (Lipinski definition) is 6. The van der Waals surface area contributed by atoms with Crippen molar-refractivity contribution < 1.29 is 28.8 Å². The van der Waals surface area contributed by atoms with Crippen LogP contribution < -0.4 is 0 Å². The van der Waals surface area contributed by atoms with E-state index < -0.39 is 23.1 Å². The Balaban J connectivity index is 2.92. The zero-order valence-electron chi connectivity index (χ0n) is 15.6. The molecule has 0 aromatic heterocycles. The van der Waals surface area contributed by atoms with Crippen LogP contribution in [0.1, 0.15) is 67.2 Å². The molecule has 1 saturated heterocycles. The molecule has 6 heteroatoms. The third-order valence-electron chi connectivity index (χ3n) is 3.83. The zero-order valence-corrected chi connectivity index (χ0v) is 15.6. The lowest BCUT2D eigenvalue weighted by Gasteiger charge is -2.34. The number of ether oxygens (including phenoxy) is 2. The standard InChI is InChI=1S/C18H30O6/c1-7-8-9-10-17(4,5)14(16(20)22-13(2)3)11-15(19)23-18(6)12-21-24-18/h11,13H,7-10,12H2,1-6H3/b14-11-. The quantitative estimate of drug-likeness (QED) is 0.275. The summed E-state index contributed by atoms with van der Waals surface area (Å²) in [5.74, 6) is -2.22. The van der Waals surface area contributed by atoms with Crippen molar-refractivity contribution in [3.05, 3.63) is 11.6 Å². The lowest BCUT2D eigenvalue weighted by Crippen LogP contribution is -2.48. The van der Waals surface area contributed by atoms with E-state index in [4.69, 9.17) is 14.4 Å². The predicted octanol–water partition coefficient (Wildman–Crippen LogP) is 3.69. The smallest absolute Gasteiger partial charge is 0.335 e. The summed E-state index contributed by atoms with van der Waals surface area (Å²) in [5, 5.41) is 0. The van der Waals surface area contributed by atoms with Gasteiger partial charge < -0.3 is 9.47 Å². The molecule has 0 amide bonds. The van der Waals surface area contributed by atoms with E-state index in [1.54, 1.807) is 20.8 Å². The molecule has 0 saturated carbocycles. The van der Waals surface area contributed by atoms with Gasteiger partial charge in [-0.15, -0.1) is 0 Å². The molecule has 1 aliphatic heterocycles. The van der Waals surface area contributed by atoms with Crippen LogP contribution in [0, 0.1) is 5.41 Å². The van der Waals surface area contributed by atoms with Gasteiger partial charge in [0, 0.05) is 18.6 Å². The maximum absolute atomic E-state index is 12.5. The third kappa shape index (κ3) is 6.24. The maximum Gasteiger partial charge on any atom is 0.335 e. The largest absolute Gasteiger partial charge is 0.460 e. The molecule has 0 bridgehead atoms. The van der Waals surface area contributed by atoms with E-state index in [0.717, 1.165) is 25.7 Å². The van der Waals surface area contributed by atoms with Gasteiger partial charge in [-0.3, -0.25) is 0 Å². The van der Waals surface area contributed by atoms with Crippen LogP contribution >= 0.6 is 0 Å². The predicted molar refractivity (Wildman–Crippen MR) is 88.8 cm³/mol. The molecule has 1 fully saturated rings. The zero-order chi connectivity index (χ0) is 18.4. The number of rotatable bonds is 9. The maximum atomic E-state index is 12.5. The first-order valence-corrected chi connectivity index (χ1v) is 8.56. The highest BCUT2D eigenvalue weighted by Crippen LogP contribution is 2.34. The summed E-state index contributed by atoms with van der Waals surface area (Å²) in [4.78, 5) is 34.0. The molecule has 138 valence electrons. The highest BCUT2D eigenvalue weighted by atomic mass is 17.3. The van der Waals surface area contributed by atoms with Crippen LogP contribution in [0.2, 0.25) is 0 Å². The van der Waals surface area contributed by atoms with Gasteiger partial charge in [-0.25, -0.2) is 14.5 Å². The van der Waals surface area contributed by atoms with Crippen molar-refractivity contribution >= 4 is 11.9 Å². The summed E-state index contributed by atoms with van der Waals surface area (Å²) < 4.78 is 10.5. The van der Waals surface area contributed by atoms with Gasteiger partial charge >= 0.3 is 11.9 Å². The Hall–Kier alpha value is -1.40. The summed E-state index contributed by atoms with van der Waals surface area (Å²) >= 11 is 0. The summed E-state index contributed by atoms with van der Waals surface area (Å²) in [7, 11) is 0. The van der Waals surface area contributed by atoms with Crippen LogP contribution in [0.15, 0.2) is 11.6 Å². The van der Waals surface area contributed by atoms with Gasteiger partial charge in [-0.05, 0) is 25.7 Å². The molecule has 1 unspecified atom stereocenters. The van der Waals surface area contributed by atoms with Gasteiger partial charge in [0.1, 0.15) is 0 Å². The first-order chi connectivity index (χ1) is 11.1. The van der Waals surface area contributed by atoms with E-state index in [1.165, 1.54) is 6.08 Å². The van der Waals surface area contributed by atoms with Crippen molar-refractivity contribution in [1.29, 1.82) is 0 Å². The number of carbonyl (C=O) groups excluding carboxylic acids is 2. The molecule has 0 N–H and O–H groups in total. The van der Waals surface area contributed by atoms with E-state index in [-0.39, 0.29) is 12.7 Å². The van der Waals surface area contributed by atoms with E-state index in [1.807, 2.05) is 13.8 Å². The number of esters is 2. The van der Waals surface area contributed by atoms with Gasteiger partial charge in [-0.2, -0.15) is 4.89 Å². The molecule has 1 heterocycles. The van der Waals surface area contributed by atoms with Crippen LogP contribution in [0.3, 0.4) is 0 Å². The van der Waals surface area contributed by atoms with Crippen molar-refractivity contribution in [2.24, 2.45) is 5.41 Å². The van der Waals surface area contributed by atoms with E-state index >= 15 is 0 Å². The second kappa shape index (κ2) is 8.62. The molecule has 1 aliphatic rings. The second-order valence-corrected chi connectivity index (χ2v) is 7.25. The molecule has 1 rings (SSSR count). The average molecular weight is 342 g/mol. The lowest BCUT2D eigenvalue weighted by atomic mass is 9.79. The second-order valence-electron chi connectivity index (χ2n) is 7.25. The number of hydrogen-bond donors (Lipinski definition) is 0. The number of unbranched alkanes of at least 4 members (excludes halogenated alkanes) is 2. The normalized spacial score (nSPS) is 21.4. The van der Waals surface area contributed by atoms with Crippen molar-refractivity contribution in [3.8, 4) is 0 Å². The Morgan fingerprint density at radius 3 is 2.38 bits per heavy atom. The molecular weight excluding hydrogens is 312 g/mol. The topological polar surface area (TPSA) is 71.1 Å². The fourth-order valence-corrected chi connectivity index (χ4v) is 2.39. The Bertz CT molecular complexity index is 474. The third-order valence-corrected chi connectivity index (χ3v) is 3.83. The molecular formula is C18H30O6. The SMILES string of the molecule is CCCCCC(C)(C)/C(=C\C(=O)OC1(C)COO1)C(=O)OC(C)C. The van der Waals surface area contributed by atoms with Crippen LogP contribution in [0.5, 0.6) is 0 Å². The minimum atomic E-state index is -1.09. The summed E-state index contributed by atoms with van der Waals surface area (Å²) in [6.45, 7) is 11.3. The van der Waals surface area contributed by atoms with Crippen molar-refractivity contribution in [3.63, 3.8) is 0 Å². The van der Waals surface area contributed by atoms with Gasteiger partial charge in [0.25, 0.3) is 5.79 Å². The molecule has 1 atom stereocenters. The summed E-state index contributed by atoms with van der Waals surface area (Å²) in [5.41, 5.74) is -0.168. The van der Waals surface area contributed by atoms with Crippen molar-refractivity contribution in [2.45, 2.75) is 79.1 Å². The fraction of sp³-hybridized carbons (Fsp3) is 0.778. The highest BCUT2D eigenvalue weighted by molar-refractivity contribution is 5.97. The van der Waals surface area contributed by atoms with Gasteiger partial charge in [-0.1, -0.05) is 40.0 Å². The van der Waals surface area contributed by atoms with Gasteiger partial charge in [0.2, 0.25) is 0 Å². The Labute approximate surface area is 144 Å². The molecule has 0 spiro atoms. The average Bonchev–Trinajstić information content (AvgIpc) is 2.42. The van der Waals surface area contributed by atoms with Crippen LogP contribution in [0.25, 0.3) is 0 Å². The summed E-state index contributed by atoms with van der Waals surface area (Å²) in [6.07, 6.45) is 4.88. The minimum Gasteiger partial charge on any atom is -0.460 e. The Kier molecular flexibility index (Phi) is 7.42. The Morgan fingerprint density at radius 1 is 1.29 bits per heavy atom. The first kappa shape index (κ1) is 20.6. The molecule has 6 nitrogen and oxygen atoms in total. The van der Waals surface area contributed by atoms with Crippen molar-refractivity contribution in [1.82, 2.24) is 0 Å². The van der Waals surface area contributed by atoms with E-state index in [9.17, 15) is 9.59 Å². The number of carbonyl (C=O) groups is 2. The first-order valence-electron chi connectivity index (χ1n) is 8.56. The van der Waals surface area contributed by atoms with Crippen LogP contribution in [0.4, 0.5) is 0 Å². The molecule has 24 heavy (non-hydrogen) atoms. The van der Waals surface area contributed by atoms with Gasteiger partial charge in [0.15, 0.2) is 6.61 Å². The molecule has 0 aliphatic carbocycles. The van der Waals surface area contributed by atoms with Crippen LogP contribution in [-0.2, 0) is 28.8 Å². The molecule has 0 aromatic carbocycles. The van der Waals surface area contributed by atoms with E-state index in [2.05, 4.69) is 11.8 Å². The van der Waals surface area contributed by atoms with Crippen LogP contribution in [-0.4, -0.2) is 30.4 Å².